The second kappa shape index (κ2) is 3.89. The Hall–Kier alpha value is -0.570. The van der Waals surface area contributed by atoms with Crippen LogP contribution in [0.5, 0.6) is 0 Å². The summed E-state index contributed by atoms with van der Waals surface area (Å²) in [6, 6.07) is 8.27. The zero-order valence-corrected chi connectivity index (χ0v) is 9.04. The van der Waals surface area contributed by atoms with Gasteiger partial charge in [0.1, 0.15) is 0 Å². The van der Waals surface area contributed by atoms with Gasteiger partial charge in [-0.3, -0.25) is 0 Å². The molecule has 2 atom stereocenters. The van der Waals surface area contributed by atoms with Crippen molar-refractivity contribution in [3.05, 3.63) is 34.9 Å². The Labute approximate surface area is 89.7 Å². The van der Waals surface area contributed by atoms with Gasteiger partial charge in [-0.1, -0.05) is 23.7 Å². The number of benzene rings is 1. The summed E-state index contributed by atoms with van der Waals surface area (Å²) in [5.74, 6) is 0.456. The Morgan fingerprint density at radius 3 is 2.43 bits per heavy atom. The first-order valence-electron chi connectivity index (χ1n) is 4.86. The van der Waals surface area contributed by atoms with Gasteiger partial charge in [-0.2, -0.15) is 0 Å². The lowest BCUT2D eigenvalue weighted by Gasteiger charge is -2.14. The van der Waals surface area contributed by atoms with Crippen LogP contribution in [0.2, 0.25) is 5.02 Å². The second-order valence-corrected chi connectivity index (χ2v) is 4.48. The predicted octanol–water partition coefficient (Wildman–Crippen LogP) is 1.70. The van der Waals surface area contributed by atoms with E-state index in [9.17, 15) is 0 Å². The van der Waals surface area contributed by atoms with Crippen LogP contribution < -0.4 is 5.73 Å². The van der Waals surface area contributed by atoms with Crippen molar-refractivity contribution in [1.29, 1.82) is 0 Å². The van der Waals surface area contributed by atoms with Crippen LogP contribution in [0, 0.1) is 0 Å². The minimum absolute atomic E-state index is 0.251. The number of hydrogen-bond donors (Lipinski definition) is 1. The number of nitrogens with zero attached hydrogens (tertiary/aromatic N) is 1. The van der Waals surface area contributed by atoms with Gasteiger partial charge < -0.3 is 10.6 Å². The summed E-state index contributed by atoms with van der Waals surface area (Å²) in [4.78, 5) is 2.27. The fourth-order valence-electron chi connectivity index (χ4n) is 2.10. The Morgan fingerprint density at radius 2 is 1.93 bits per heavy atom. The van der Waals surface area contributed by atoms with Crippen LogP contribution in [-0.4, -0.2) is 31.1 Å². The van der Waals surface area contributed by atoms with Gasteiger partial charge in [0.05, 0.1) is 0 Å². The van der Waals surface area contributed by atoms with Crippen LogP contribution in [0.4, 0.5) is 0 Å². The molecule has 0 aliphatic carbocycles. The summed E-state index contributed by atoms with van der Waals surface area (Å²) in [6.07, 6.45) is 0. The monoisotopic (exact) mass is 210 g/mol. The number of halogens is 1. The van der Waals surface area contributed by atoms with E-state index in [1.54, 1.807) is 0 Å². The second-order valence-electron chi connectivity index (χ2n) is 4.04. The van der Waals surface area contributed by atoms with E-state index in [4.69, 9.17) is 17.3 Å². The van der Waals surface area contributed by atoms with Crippen LogP contribution in [0.3, 0.4) is 0 Å². The topological polar surface area (TPSA) is 29.3 Å². The predicted molar refractivity (Wildman–Crippen MR) is 59.7 cm³/mol. The average Bonchev–Trinajstić information content (AvgIpc) is 2.47. The molecule has 1 saturated heterocycles. The SMILES string of the molecule is CN1C[C@@H](N)[C@@H](c2ccc(Cl)cc2)C1. The van der Waals surface area contributed by atoms with Gasteiger partial charge in [-0.25, -0.2) is 0 Å². The van der Waals surface area contributed by atoms with Gasteiger partial charge in [0, 0.05) is 30.1 Å². The number of likely N-dealkylation sites (N-methyl/N-ethyl adjacent to an activating group) is 1. The maximum absolute atomic E-state index is 6.06. The Kier molecular flexibility index (Phi) is 2.77. The van der Waals surface area contributed by atoms with Crippen LogP contribution in [-0.2, 0) is 0 Å². The lowest BCUT2D eigenvalue weighted by atomic mass is 9.95. The molecule has 0 unspecified atom stereocenters. The van der Waals surface area contributed by atoms with Crippen LogP contribution in [0.15, 0.2) is 24.3 Å². The number of hydrogen-bond acceptors (Lipinski definition) is 2. The van der Waals surface area contributed by atoms with E-state index in [-0.39, 0.29) is 6.04 Å². The molecular formula is C11H15ClN2. The smallest absolute Gasteiger partial charge is 0.0406 e. The van der Waals surface area contributed by atoms with E-state index in [0.717, 1.165) is 18.1 Å². The Balaban J connectivity index is 2.19. The van der Waals surface area contributed by atoms with Gasteiger partial charge >= 0.3 is 0 Å². The normalized spacial score (nSPS) is 28.2. The molecule has 0 radical (unpaired) electrons. The molecule has 1 aromatic rings. The van der Waals surface area contributed by atoms with Gasteiger partial charge in [-0.15, -0.1) is 0 Å². The van der Waals surface area contributed by atoms with Gasteiger partial charge in [-0.05, 0) is 24.7 Å². The van der Waals surface area contributed by atoms with E-state index >= 15 is 0 Å². The Bertz CT molecular complexity index is 310. The number of likely N-dealkylation sites (tertiary alicyclic amines) is 1. The molecule has 1 heterocycles. The van der Waals surface area contributed by atoms with Crippen molar-refractivity contribution in [3.8, 4) is 0 Å². The minimum atomic E-state index is 0.251. The zero-order valence-electron chi connectivity index (χ0n) is 8.28. The Morgan fingerprint density at radius 1 is 1.29 bits per heavy atom. The van der Waals surface area contributed by atoms with Crippen molar-refractivity contribution in [2.75, 3.05) is 20.1 Å². The number of nitrogens with two attached hydrogens (primary N) is 1. The summed E-state index contributed by atoms with van der Waals surface area (Å²) in [5, 5.41) is 0.786. The number of rotatable bonds is 1. The molecule has 0 amide bonds. The van der Waals surface area contributed by atoms with Crippen LogP contribution >= 0.6 is 11.6 Å². The highest BCUT2D eigenvalue weighted by Crippen LogP contribution is 2.26. The highest BCUT2D eigenvalue weighted by molar-refractivity contribution is 6.30. The summed E-state index contributed by atoms with van der Waals surface area (Å²) in [5.41, 5.74) is 7.36. The van der Waals surface area contributed by atoms with Gasteiger partial charge in [0.25, 0.3) is 0 Å². The fraction of sp³-hybridized carbons (Fsp3) is 0.455. The maximum atomic E-state index is 6.06. The van der Waals surface area contributed by atoms with Crippen molar-refractivity contribution in [3.63, 3.8) is 0 Å². The molecule has 2 nitrogen and oxygen atoms in total. The van der Waals surface area contributed by atoms with Crippen molar-refractivity contribution < 1.29 is 0 Å². The van der Waals surface area contributed by atoms with Crippen molar-refractivity contribution in [1.82, 2.24) is 4.90 Å². The third-order valence-corrected chi connectivity index (χ3v) is 3.10. The first-order valence-corrected chi connectivity index (χ1v) is 5.24. The molecule has 1 fully saturated rings. The molecule has 0 saturated carbocycles. The largest absolute Gasteiger partial charge is 0.326 e. The molecular weight excluding hydrogens is 196 g/mol. The quantitative estimate of drug-likeness (QED) is 0.765. The average molecular weight is 211 g/mol. The molecule has 1 aliphatic rings. The van der Waals surface area contributed by atoms with Crippen LogP contribution in [0.25, 0.3) is 0 Å². The molecule has 3 heteroatoms. The summed E-state index contributed by atoms with van der Waals surface area (Å²) >= 11 is 5.84. The minimum Gasteiger partial charge on any atom is -0.326 e. The first kappa shape index (κ1) is 9.97. The van der Waals surface area contributed by atoms with Gasteiger partial charge in [0.2, 0.25) is 0 Å². The van der Waals surface area contributed by atoms with Crippen molar-refractivity contribution >= 4 is 11.6 Å². The molecule has 0 aromatic heterocycles. The zero-order chi connectivity index (χ0) is 10.1. The van der Waals surface area contributed by atoms with E-state index in [2.05, 4.69) is 24.1 Å². The fourth-order valence-corrected chi connectivity index (χ4v) is 2.22. The molecule has 0 bridgehead atoms. The molecule has 14 heavy (non-hydrogen) atoms. The first-order chi connectivity index (χ1) is 6.66. The molecule has 1 aromatic carbocycles. The lowest BCUT2D eigenvalue weighted by Crippen LogP contribution is -2.27. The molecule has 76 valence electrons. The summed E-state index contributed by atoms with van der Waals surface area (Å²) in [7, 11) is 2.11. The van der Waals surface area contributed by atoms with E-state index in [1.807, 2.05) is 12.1 Å². The third-order valence-electron chi connectivity index (χ3n) is 2.85. The third kappa shape index (κ3) is 1.92. The van der Waals surface area contributed by atoms with Gasteiger partial charge in [0.15, 0.2) is 0 Å². The molecule has 1 aliphatic heterocycles. The van der Waals surface area contributed by atoms with E-state index < -0.39 is 0 Å². The highest BCUT2D eigenvalue weighted by atomic mass is 35.5. The molecule has 0 spiro atoms. The van der Waals surface area contributed by atoms with Crippen molar-refractivity contribution in [2.24, 2.45) is 5.73 Å². The standard InChI is InChI=1S/C11H15ClN2/c1-14-6-10(11(13)7-14)8-2-4-9(12)5-3-8/h2-5,10-11H,6-7,13H2,1H3/t10-,11-/m1/s1. The molecule has 2 rings (SSSR count). The summed E-state index contributed by atoms with van der Waals surface area (Å²) < 4.78 is 0. The van der Waals surface area contributed by atoms with E-state index in [1.165, 1.54) is 5.56 Å². The van der Waals surface area contributed by atoms with Crippen molar-refractivity contribution in [2.45, 2.75) is 12.0 Å². The maximum Gasteiger partial charge on any atom is 0.0406 e. The lowest BCUT2D eigenvalue weighted by molar-refractivity contribution is 0.407. The highest BCUT2D eigenvalue weighted by Gasteiger charge is 2.28. The molecule has 2 N–H and O–H groups in total. The summed E-state index contributed by atoms with van der Waals surface area (Å²) in [6.45, 7) is 2.02. The van der Waals surface area contributed by atoms with E-state index in [0.29, 0.717) is 5.92 Å². The van der Waals surface area contributed by atoms with Crippen LogP contribution in [0.1, 0.15) is 11.5 Å².